The van der Waals surface area contributed by atoms with Crippen LogP contribution in [0.5, 0.6) is 0 Å². The van der Waals surface area contributed by atoms with Crippen molar-refractivity contribution in [3.05, 3.63) is 24.3 Å². The van der Waals surface area contributed by atoms with Gasteiger partial charge in [0.25, 0.3) is 0 Å². The van der Waals surface area contributed by atoms with Crippen molar-refractivity contribution in [2.45, 2.75) is 25.8 Å². The highest BCUT2D eigenvalue weighted by atomic mass is 15.1. The Labute approximate surface area is 104 Å². The highest BCUT2D eigenvalue weighted by Crippen LogP contribution is 2.18. The summed E-state index contributed by atoms with van der Waals surface area (Å²) in [6.07, 6.45) is 2.48. The first-order valence-corrected chi connectivity index (χ1v) is 6.57. The lowest BCUT2D eigenvalue weighted by Gasteiger charge is -2.30. The molecule has 0 aliphatic carbocycles. The van der Waals surface area contributed by atoms with Crippen LogP contribution < -0.4 is 10.6 Å². The van der Waals surface area contributed by atoms with E-state index in [-0.39, 0.29) is 0 Å². The highest BCUT2D eigenvalue weighted by molar-refractivity contribution is 5.53. The summed E-state index contributed by atoms with van der Waals surface area (Å²) in [6.45, 7) is 5.49. The van der Waals surface area contributed by atoms with Gasteiger partial charge in [-0.1, -0.05) is 0 Å². The molecule has 0 atom stereocenters. The highest BCUT2D eigenvalue weighted by Gasteiger charge is 2.15. The Morgan fingerprint density at radius 1 is 1.12 bits per heavy atom. The topological polar surface area (TPSA) is 27.3 Å². The van der Waals surface area contributed by atoms with Crippen molar-refractivity contribution in [1.29, 1.82) is 0 Å². The molecular weight excluding hydrogens is 210 g/mol. The lowest BCUT2D eigenvalue weighted by molar-refractivity contribution is 0.264. The van der Waals surface area contributed by atoms with Gasteiger partial charge in [0.1, 0.15) is 0 Å². The zero-order chi connectivity index (χ0) is 12.1. The van der Waals surface area contributed by atoms with Gasteiger partial charge in [-0.05, 0) is 64.2 Å². The summed E-state index contributed by atoms with van der Waals surface area (Å²) in [5.41, 5.74) is 2.43. The predicted molar refractivity (Wildman–Crippen MR) is 74.7 cm³/mol. The monoisotopic (exact) mass is 233 g/mol. The van der Waals surface area contributed by atoms with Crippen LogP contribution in [0.1, 0.15) is 19.8 Å². The molecule has 1 aromatic carbocycles. The number of rotatable bonds is 4. The first-order chi connectivity index (χ1) is 8.28. The second kappa shape index (κ2) is 5.92. The summed E-state index contributed by atoms with van der Waals surface area (Å²) in [4.78, 5) is 2.40. The molecule has 1 fully saturated rings. The zero-order valence-electron chi connectivity index (χ0n) is 10.9. The molecule has 0 unspecified atom stereocenters. The number of nitrogens with one attached hydrogen (secondary N) is 2. The molecule has 94 valence electrons. The molecule has 3 heteroatoms. The van der Waals surface area contributed by atoms with E-state index in [9.17, 15) is 0 Å². The van der Waals surface area contributed by atoms with Gasteiger partial charge >= 0.3 is 0 Å². The average molecular weight is 233 g/mol. The third kappa shape index (κ3) is 3.63. The number of nitrogens with zero attached hydrogens (tertiary/aromatic N) is 1. The van der Waals surface area contributed by atoms with Gasteiger partial charge in [0, 0.05) is 24.0 Å². The van der Waals surface area contributed by atoms with E-state index in [0.717, 1.165) is 6.54 Å². The molecule has 3 nitrogen and oxygen atoms in total. The molecule has 0 amide bonds. The normalized spacial score (nSPS) is 18.0. The minimum absolute atomic E-state index is 0.635. The molecule has 2 N–H and O–H groups in total. The fourth-order valence-corrected chi connectivity index (χ4v) is 2.28. The zero-order valence-corrected chi connectivity index (χ0v) is 10.9. The SMILES string of the molecule is CCNc1ccc(NC2CCN(C)CC2)cc1. The van der Waals surface area contributed by atoms with Gasteiger partial charge in [-0.25, -0.2) is 0 Å². The lowest BCUT2D eigenvalue weighted by atomic mass is 10.1. The molecule has 0 saturated carbocycles. The first kappa shape index (κ1) is 12.2. The van der Waals surface area contributed by atoms with Crippen LogP contribution in [0.4, 0.5) is 11.4 Å². The van der Waals surface area contributed by atoms with E-state index in [4.69, 9.17) is 0 Å². The number of likely N-dealkylation sites (tertiary alicyclic amines) is 1. The van der Waals surface area contributed by atoms with E-state index < -0.39 is 0 Å². The standard InChI is InChI=1S/C14H23N3/c1-3-15-12-4-6-13(7-5-12)16-14-8-10-17(2)11-9-14/h4-7,14-16H,3,8-11H2,1-2H3. The second-order valence-corrected chi connectivity index (χ2v) is 4.83. The van der Waals surface area contributed by atoms with Crippen LogP contribution in [0.3, 0.4) is 0 Å². The quantitative estimate of drug-likeness (QED) is 0.837. The van der Waals surface area contributed by atoms with Crippen LogP contribution in [0.25, 0.3) is 0 Å². The maximum absolute atomic E-state index is 3.62. The van der Waals surface area contributed by atoms with Crippen molar-refractivity contribution < 1.29 is 0 Å². The smallest absolute Gasteiger partial charge is 0.0343 e. The fraction of sp³-hybridized carbons (Fsp3) is 0.571. The molecule has 0 aromatic heterocycles. The van der Waals surface area contributed by atoms with Crippen molar-refractivity contribution in [3.8, 4) is 0 Å². The van der Waals surface area contributed by atoms with E-state index in [2.05, 4.69) is 53.8 Å². The minimum Gasteiger partial charge on any atom is -0.385 e. The molecule has 1 aromatic rings. The van der Waals surface area contributed by atoms with Gasteiger partial charge < -0.3 is 15.5 Å². The molecule has 2 rings (SSSR count). The van der Waals surface area contributed by atoms with E-state index >= 15 is 0 Å². The van der Waals surface area contributed by atoms with Crippen LogP contribution in [-0.4, -0.2) is 37.6 Å². The Balaban J connectivity index is 1.86. The van der Waals surface area contributed by atoms with Gasteiger partial charge in [0.15, 0.2) is 0 Å². The van der Waals surface area contributed by atoms with Gasteiger partial charge in [-0.3, -0.25) is 0 Å². The third-order valence-electron chi connectivity index (χ3n) is 3.36. The van der Waals surface area contributed by atoms with E-state index in [1.807, 2.05) is 0 Å². The van der Waals surface area contributed by atoms with Crippen LogP contribution in [0, 0.1) is 0 Å². The molecule has 0 spiro atoms. The molecule has 17 heavy (non-hydrogen) atoms. The Morgan fingerprint density at radius 2 is 1.71 bits per heavy atom. The van der Waals surface area contributed by atoms with Crippen molar-refractivity contribution >= 4 is 11.4 Å². The fourth-order valence-electron chi connectivity index (χ4n) is 2.28. The van der Waals surface area contributed by atoms with Crippen LogP contribution >= 0.6 is 0 Å². The molecule has 1 aliphatic heterocycles. The molecule has 0 radical (unpaired) electrons. The van der Waals surface area contributed by atoms with Crippen molar-refractivity contribution in [2.24, 2.45) is 0 Å². The predicted octanol–water partition coefficient (Wildman–Crippen LogP) is 2.62. The van der Waals surface area contributed by atoms with E-state index in [0.29, 0.717) is 6.04 Å². The summed E-state index contributed by atoms with van der Waals surface area (Å²) in [7, 11) is 2.20. The number of anilines is 2. The molecule has 1 saturated heterocycles. The van der Waals surface area contributed by atoms with Crippen LogP contribution in [0.2, 0.25) is 0 Å². The van der Waals surface area contributed by atoms with Crippen molar-refractivity contribution in [3.63, 3.8) is 0 Å². The van der Waals surface area contributed by atoms with Crippen molar-refractivity contribution in [1.82, 2.24) is 4.90 Å². The number of benzene rings is 1. The first-order valence-electron chi connectivity index (χ1n) is 6.57. The van der Waals surface area contributed by atoms with Crippen LogP contribution in [0.15, 0.2) is 24.3 Å². The van der Waals surface area contributed by atoms with Gasteiger partial charge in [0.2, 0.25) is 0 Å². The average Bonchev–Trinajstić information content (AvgIpc) is 2.35. The second-order valence-electron chi connectivity index (χ2n) is 4.83. The molecule has 0 bridgehead atoms. The summed E-state index contributed by atoms with van der Waals surface area (Å²) >= 11 is 0. The number of piperidine rings is 1. The summed E-state index contributed by atoms with van der Waals surface area (Å²) < 4.78 is 0. The van der Waals surface area contributed by atoms with E-state index in [1.54, 1.807) is 0 Å². The maximum Gasteiger partial charge on any atom is 0.0343 e. The minimum atomic E-state index is 0.635. The largest absolute Gasteiger partial charge is 0.385 e. The maximum atomic E-state index is 3.62. The summed E-state index contributed by atoms with van der Waals surface area (Å²) in [5, 5.41) is 6.93. The Hall–Kier alpha value is -1.22. The third-order valence-corrected chi connectivity index (χ3v) is 3.36. The van der Waals surface area contributed by atoms with Gasteiger partial charge in [-0.15, -0.1) is 0 Å². The lowest BCUT2D eigenvalue weighted by Crippen LogP contribution is -2.36. The van der Waals surface area contributed by atoms with E-state index in [1.165, 1.54) is 37.3 Å². The van der Waals surface area contributed by atoms with Gasteiger partial charge in [0.05, 0.1) is 0 Å². The Kier molecular flexibility index (Phi) is 4.26. The molecule has 1 aliphatic rings. The van der Waals surface area contributed by atoms with Crippen LogP contribution in [-0.2, 0) is 0 Å². The summed E-state index contributed by atoms with van der Waals surface area (Å²) in [5.74, 6) is 0. The molecular formula is C14H23N3. The number of hydrogen-bond acceptors (Lipinski definition) is 3. The number of hydrogen-bond donors (Lipinski definition) is 2. The molecule has 1 heterocycles. The Bertz CT molecular complexity index is 326. The van der Waals surface area contributed by atoms with Crippen molar-refractivity contribution in [2.75, 3.05) is 37.3 Å². The summed E-state index contributed by atoms with van der Waals surface area (Å²) in [6, 6.07) is 9.24. The van der Waals surface area contributed by atoms with Gasteiger partial charge in [-0.2, -0.15) is 0 Å². The Morgan fingerprint density at radius 3 is 2.29 bits per heavy atom.